The van der Waals surface area contributed by atoms with E-state index in [0.29, 0.717) is 23.6 Å². The predicted octanol–water partition coefficient (Wildman–Crippen LogP) is 4.80. The van der Waals surface area contributed by atoms with Crippen LogP contribution in [-0.4, -0.2) is 64.2 Å². The number of nitrogens with one attached hydrogen (secondary N) is 1. The highest BCUT2D eigenvalue weighted by atomic mass is 32.2. The second kappa shape index (κ2) is 16.0. The van der Waals surface area contributed by atoms with E-state index in [1.165, 1.54) is 4.31 Å². The molecule has 0 aliphatic rings. The minimum absolute atomic E-state index is 0.0496. The van der Waals surface area contributed by atoms with Gasteiger partial charge in [0.05, 0.1) is 26.2 Å². The lowest BCUT2D eigenvalue weighted by Crippen LogP contribution is -2.52. The number of carbonyl (C=O) groups is 2. The maximum absolute atomic E-state index is 14.0. The molecule has 10 heteroatoms. The second-order valence-corrected chi connectivity index (χ2v) is 12.4. The molecule has 0 aromatic heterocycles. The number of hydrogen-bond acceptors (Lipinski definition) is 6. The number of methoxy groups -OCH3 is 2. The Balaban J connectivity index is 1.90. The van der Waals surface area contributed by atoms with Gasteiger partial charge in [0.15, 0.2) is 0 Å². The van der Waals surface area contributed by atoms with Crippen LogP contribution in [0.15, 0.2) is 78.9 Å². The number of sulfonamides is 1. The quantitative estimate of drug-likeness (QED) is 0.250. The predicted molar refractivity (Wildman–Crippen MR) is 170 cm³/mol. The zero-order valence-electron chi connectivity index (χ0n) is 25.7. The average Bonchev–Trinajstić information content (AvgIpc) is 3.00. The third-order valence-electron chi connectivity index (χ3n) is 7.27. The van der Waals surface area contributed by atoms with Crippen LogP contribution in [0.2, 0.25) is 0 Å². The maximum atomic E-state index is 14.0. The highest BCUT2D eigenvalue weighted by molar-refractivity contribution is 7.92. The van der Waals surface area contributed by atoms with Gasteiger partial charge in [0.25, 0.3) is 0 Å². The molecule has 232 valence electrons. The first-order valence-corrected chi connectivity index (χ1v) is 16.3. The van der Waals surface area contributed by atoms with Crippen molar-refractivity contribution in [2.45, 2.75) is 58.2 Å². The summed E-state index contributed by atoms with van der Waals surface area (Å²) >= 11 is 0. The zero-order chi connectivity index (χ0) is 31.4. The lowest BCUT2D eigenvalue weighted by atomic mass is 10.0. The van der Waals surface area contributed by atoms with Crippen molar-refractivity contribution >= 4 is 27.5 Å². The van der Waals surface area contributed by atoms with Crippen LogP contribution in [0.4, 0.5) is 5.69 Å². The fourth-order valence-corrected chi connectivity index (χ4v) is 5.68. The van der Waals surface area contributed by atoms with E-state index < -0.39 is 16.1 Å². The Morgan fingerprint density at radius 3 is 2.14 bits per heavy atom. The van der Waals surface area contributed by atoms with Crippen molar-refractivity contribution in [2.24, 2.45) is 0 Å². The van der Waals surface area contributed by atoms with E-state index in [2.05, 4.69) is 5.32 Å². The van der Waals surface area contributed by atoms with Gasteiger partial charge in [0.1, 0.15) is 17.5 Å². The number of carbonyl (C=O) groups excluding carboxylic acids is 2. The van der Waals surface area contributed by atoms with Crippen LogP contribution in [0.1, 0.15) is 44.2 Å². The minimum atomic E-state index is -3.61. The smallest absolute Gasteiger partial charge is 0.243 e. The Morgan fingerprint density at radius 1 is 0.884 bits per heavy atom. The number of anilines is 1. The third kappa shape index (κ3) is 10.0. The van der Waals surface area contributed by atoms with Gasteiger partial charge < -0.3 is 19.7 Å². The van der Waals surface area contributed by atoms with Crippen LogP contribution in [0.3, 0.4) is 0 Å². The van der Waals surface area contributed by atoms with Crippen LogP contribution in [0.5, 0.6) is 11.5 Å². The van der Waals surface area contributed by atoms with Gasteiger partial charge in [-0.3, -0.25) is 13.9 Å². The van der Waals surface area contributed by atoms with Crippen molar-refractivity contribution in [1.29, 1.82) is 0 Å². The first-order valence-electron chi connectivity index (χ1n) is 14.4. The van der Waals surface area contributed by atoms with Gasteiger partial charge in [-0.15, -0.1) is 0 Å². The summed E-state index contributed by atoms with van der Waals surface area (Å²) < 4.78 is 37.2. The lowest BCUT2D eigenvalue weighted by Gasteiger charge is -2.33. The summed E-state index contributed by atoms with van der Waals surface area (Å²) in [6.45, 7) is 4.22. The number of rotatable bonds is 16. The average molecular weight is 610 g/mol. The number of nitrogens with zero attached hydrogens (tertiary/aromatic N) is 2. The van der Waals surface area contributed by atoms with Crippen molar-refractivity contribution in [3.63, 3.8) is 0 Å². The number of hydrogen-bond donors (Lipinski definition) is 1. The standard InChI is InChI=1S/C33H43N3O6S/c1-6-25(2)34-33(38)31(23-26-12-8-7-9-13-26)35(24-27-14-10-15-30(22-27)42-4)32(37)16-11-21-36(43(5,39)40)28-17-19-29(41-3)20-18-28/h7-10,12-15,17-20,22,25,31H,6,11,16,21,23-24H2,1-5H3,(H,34,38). The monoisotopic (exact) mass is 609 g/mol. The van der Waals surface area contributed by atoms with Gasteiger partial charge in [-0.2, -0.15) is 0 Å². The molecule has 1 N–H and O–H groups in total. The molecule has 0 aliphatic carbocycles. The van der Waals surface area contributed by atoms with Crippen molar-refractivity contribution < 1.29 is 27.5 Å². The van der Waals surface area contributed by atoms with Crippen molar-refractivity contribution in [1.82, 2.24) is 10.2 Å². The second-order valence-electron chi connectivity index (χ2n) is 10.5. The topological polar surface area (TPSA) is 105 Å². The fraction of sp³-hybridized carbons (Fsp3) is 0.394. The van der Waals surface area contributed by atoms with E-state index in [1.807, 2.05) is 68.4 Å². The van der Waals surface area contributed by atoms with E-state index in [9.17, 15) is 18.0 Å². The summed E-state index contributed by atoms with van der Waals surface area (Å²) in [5.74, 6) is 0.786. The summed E-state index contributed by atoms with van der Waals surface area (Å²) in [6, 6.07) is 22.9. The molecule has 3 aromatic rings. The molecular weight excluding hydrogens is 566 g/mol. The van der Waals surface area contributed by atoms with Gasteiger partial charge in [-0.25, -0.2) is 8.42 Å². The molecule has 2 atom stereocenters. The summed E-state index contributed by atoms with van der Waals surface area (Å²) in [7, 11) is -0.488. The molecule has 0 aliphatic heterocycles. The fourth-order valence-electron chi connectivity index (χ4n) is 4.71. The third-order valence-corrected chi connectivity index (χ3v) is 8.47. The Labute approximate surface area is 255 Å². The Kier molecular flexibility index (Phi) is 12.4. The molecule has 0 fully saturated rings. The van der Waals surface area contributed by atoms with Gasteiger partial charge in [-0.05, 0) is 67.3 Å². The van der Waals surface area contributed by atoms with Crippen LogP contribution < -0.4 is 19.1 Å². The molecule has 0 spiro atoms. The minimum Gasteiger partial charge on any atom is -0.497 e. The molecule has 43 heavy (non-hydrogen) atoms. The molecule has 3 rings (SSSR count). The number of benzene rings is 3. The van der Waals surface area contributed by atoms with Crippen molar-refractivity contribution in [3.05, 3.63) is 90.0 Å². The maximum Gasteiger partial charge on any atom is 0.243 e. The van der Waals surface area contributed by atoms with Crippen LogP contribution in [0, 0.1) is 0 Å². The first-order chi connectivity index (χ1) is 20.5. The highest BCUT2D eigenvalue weighted by Gasteiger charge is 2.31. The van der Waals surface area contributed by atoms with E-state index in [1.54, 1.807) is 43.4 Å². The zero-order valence-corrected chi connectivity index (χ0v) is 26.5. The Morgan fingerprint density at radius 2 is 1.53 bits per heavy atom. The van der Waals surface area contributed by atoms with Gasteiger partial charge >= 0.3 is 0 Å². The van der Waals surface area contributed by atoms with Crippen molar-refractivity contribution in [3.8, 4) is 11.5 Å². The van der Waals surface area contributed by atoms with E-state index in [4.69, 9.17) is 9.47 Å². The molecule has 0 saturated heterocycles. The SMILES string of the molecule is CCC(C)NC(=O)C(Cc1ccccc1)N(Cc1cccc(OC)c1)C(=O)CCCN(c1ccc(OC)cc1)S(C)(=O)=O. The van der Waals surface area contributed by atoms with Gasteiger partial charge in [0, 0.05) is 32.0 Å². The normalized spacial score (nSPS) is 12.6. The molecule has 2 amide bonds. The van der Waals surface area contributed by atoms with E-state index >= 15 is 0 Å². The largest absolute Gasteiger partial charge is 0.497 e. The number of ether oxygens (including phenoxy) is 2. The van der Waals surface area contributed by atoms with Gasteiger partial charge in [0.2, 0.25) is 21.8 Å². The lowest BCUT2D eigenvalue weighted by molar-refractivity contribution is -0.141. The first kappa shape index (κ1) is 33.5. The molecule has 0 bridgehead atoms. The Hall–Kier alpha value is -4.05. The summed E-state index contributed by atoms with van der Waals surface area (Å²) in [5.41, 5.74) is 2.23. The van der Waals surface area contributed by atoms with E-state index in [0.717, 1.165) is 23.8 Å². The highest BCUT2D eigenvalue weighted by Crippen LogP contribution is 2.23. The van der Waals surface area contributed by atoms with Crippen LogP contribution >= 0.6 is 0 Å². The molecule has 3 aromatic carbocycles. The molecule has 0 heterocycles. The summed E-state index contributed by atoms with van der Waals surface area (Å²) in [4.78, 5) is 29.3. The summed E-state index contributed by atoms with van der Waals surface area (Å²) in [5, 5.41) is 3.06. The molecule has 0 saturated carbocycles. The molecule has 2 unspecified atom stereocenters. The van der Waals surface area contributed by atoms with Crippen LogP contribution in [0.25, 0.3) is 0 Å². The molecular formula is C33H43N3O6S. The molecule has 0 radical (unpaired) electrons. The van der Waals surface area contributed by atoms with E-state index in [-0.39, 0.29) is 43.8 Å². The van der Waals surface area contributed by atoms with Gasteiger partial charge in [-0.1, -0.05) is 49.4 Å². The molecule has 9 nitrogen and oxygen atoms in total. The Bertz CT molecular complexity index is 1430. The number of amides is 2. The van der Waals surface area contributed by atoms with Crippen molar-refractivity contribution in [2.75, 3.05) is 31.3 Å². The van der Waals surface area contributed by atoms with Crippen LogP contribution in [-0.2, 0) is 32.6 Å². The summed E-state index contributed by atoms with van der Waals surface area (Å²) in [6.07, 6.45) is 2.54.